The Labute approximate surface area is 166 Å². The van der Waals surface area contributed by atoms with Crippen LogP contribution in [-0.4, -0.2) is 44.2 Å². The first-order valence-corrected chi connectivity index (χ1v) is 10.3. The van der Waals surface area contributed by atoms with Gasteiger partial charge in [0.2, 0.25) is 0 Å². The molecule has 0 spiro atoms. The number of aromatic nitrogens is 5. The fourth-order valence-corrected chi connectivity index (χ4v) is 4.84. The Hall–Kier alpha value is -2.52. The highest BCUT2D eigenvalue weighted by Crippen LogP contribution is 2.33. The van der Waals surface area contributed by atoms with Crippen molar-refractivity contribution in [3.8, 4) is 5.82 Å². The summed E-state index contributed by atoms with van der Waals surface area (Å²) in [7, 11) is 0. The van der Waals surface area contributed by atoms with E-state index in [1.807, 2.05) is 19.9 Å². The number of anilines is 1. The molecule has 28 heavy (non-hydrogen) atoms. The molecule has 1 saturated heterocycles. The molecule has 5 rings (SSSR count). The van der Waals surface area contributed by atoms with Gasteiger partial charge in [0.25, 0.3) is 5.56 Å². The minimum Gasteiger partial charge on any atom is -0.375 e. The summed E-state index contributed by atoms with van der Waals surface area (Å²) in [6.45, 7) is 7.78. The van der Waals surface area contributed by atoms with E-state index in [-0.39, 0.29) is 5.56 Å². The van der Waals surface area contributed by atoms with Crippen molar-refractivity contribution in [3.05, 3.63) is 50.5 Å². The third-order valence-corrected chi connectivity index (χ3v) is 6.35. The van der Waals surface area contributed by atoms with Crippen LogP contribution in [0, 0.1) is 19.8 Å². The number of thiazole rings is 1. The van der Waals surface area contributed by atoms with Gasteiger partial charge in [-0.05, 0) is 26.0 Å². The molecule has 0 aliphatic carbocycles. The van der Waals surface area contributed by atoms with Crippen molar-refractivity contribution in [2.75, 3.05) is 24.6 Å². The van der Waals surface area contributed by atoms with E-state index in [0.29, 0.717) is 24.9 Å². The minimum absolute atomic E-state index is 0.0782. The summed E-state index contributed by atoms with van der Waals surface area (Å²) in [4.78, 5) is 20.6. The van der Waals surface area contributed by atoms with Crippen molar-refractivity contribution in [2.24, 2.45) is 5.92 Å². The fourth-order valence-electron chi connectivity index (χ4n) is 3.78. The van der Waals surface area contributed by atoms with Crippen LogP contribution in [0.2, 0.25) is 0 Å². The van der Waals surface area contributed by atoms with Crippen LogP contribution in [0.25, 0.3) is 5.82 Å². The molecule has 8 nitrogen and oxygen atoms in total. The van der Waals surface area contributed by atoms with Gasteiger partial charge in [-0.15, -0.1) is 5.10 Å². The lowest BCUT2D eigenvalue weighted by molar-refractivity contribution is 0.112. The third-order valence-electron chi connectivity index (χ3n) is 5.22. The summed E-state index contributed by atoms with van der Waals surface area (Å²) in [6.07, 6.45) is 0.904. The quantitative estimate of drug-likeness (QED) is 0.666. The van der Waals surface area contributed by atoms with E-state index in [1.165, 1.54) is 10.6 Å². The van der Waals surface area contributed by atoms with Gasteiger partial charge in [-0.3, -0.25) is 4.79 Å². The van der Waals surface area contributed by atoms with Gasteiger partial charge in [-0.2, -0.15) is 5.10 Å². The number of rotatable bonds is 4. The van der Waals surface area contributed by atoms with Gasteiger partial charge in [-0.25, -0.2) is 14.3 Å². The van der Waals surface area contributed by atoms with E-state index in [2.05, 4.69) is 15.1 Å². The zero-order valence-corrected chi connectivity index (χ0v) is 16.8. The first-order chi connectivity index (χ1) is 13.6. The zero-order valence-electron chi connectivity index (χ0n) is 16.0. The van der Waals surface area contributed by atoms with Crippen molar-refractivity contribution in [1.29, 1.82) is 0 Å². The second-order valence-electron chi connectivity index (χ2n) is 7.49. The lowest BCUT2D eigenvalue weighted by atomic mass is 10.0. The second-order valence-corrected chi connectivity index (χ2v) is 8.55. The number of ether oxygens (including phenoxy) is 1. The summed E-state index contributed by atoms with van der Waals surface area (Å²) in [6, 6.07) is 5.30. The van der Waals surface area contributed by atoms with Crippen LogP contribution >= 0.6 is 11.3 Å². The highest BCUT2D eigenvalue weighted by Gasteiger charge is 2.31. The molecule has 146 valence electrons. The Morgan fingerprint density at radius 2 is 2.11 bits per heavy atom. The summed E-state index contributed by atoms with van der Waals surface area (Å²) in [5, 5.41) is 10.1. The minimum atomic E-state index is -0.0782. The van der Waals surface area contributed by atoms with E-state index in [4.69, 9.17) is 9.72 Å². The van der Waals surface area contributed by atoms with Gasteiger partial charge in [0.05, 0.1) is 36.0 Å². The molecule has 0 amide bonds. The molecule has 5 heterocycles. The summed E-state index contributed by atoms with van der Waals surface area (Å²) in [5.74, 6) is 1.06. The topological polar surface area (TPSA) is 78.1 Å². The highest BCUT2D eigenvalue weighted by molar-refractivity contribution is 7.15. The molecule has 0 bridgehead atoms. The van der Waals surface area contributed by atoms with Crippen LogP contribution in [0.4, 0.5) is 5.13 Å². The monoisotopic (exact) mass is 398 g/mol. The Morgan fingerprint density at radius 1 is 1.25 bits per heavy atom. The molecule has 3 aromatic rings. The SMILES string of the molecule is Cc1cc(C)n(-c2ccc(=O)n(CC3CN(c4nc5c(s4)COCC5)C3)n2)n1. The van der Waals surface area contributed by atoms with E-state index in [1.54, 1.807) is 32.8 Å². The lowest BCUT2D eigenvalue weighted by Gasteiger charge is -2.39. The van der Waals surface area contributed by atoms with Crippen molar-refractivity contribution >= 4 is 16.5 Å². The average molecular weight is 398 g/mol. The predicted molar refractivity (Wildman–Crippen MR) is 106 cm³/mol. The predicted octanol–water partition coefficient (Wildman–Crippen LogP) is 1.71. The van der Waals surface area contributed by atoms with Crippen LogP contribution in [0.1, 0.15) is 22.0 Å². The van der Waals surface area contributed by atoms with Crippen molar-refractivity contribution in [3.63, 3.8) is 0 Å². The van der Waals surface area contributed by atoms with Gasteiger partial charge in [0, 0.05) is 37.2 Å². The Kier molecular flexibility index (Phi) is 4.28. The molecule has 1 fully saturated rings. The van der Waals surface area contributed by atoms with Gasteiger partial charge < -0.3 is 9.64 Å². The Balaban J connectivity index is 1.28. The molecule has 0 unspecified atom stereocenters. The van der Waals surface area contributed by atoms with E-state index >= 15 is 0 Å². The highest BCUT2D eigenvalue weighted by atomic mass is 32.1. The molecule has 2 aliphatic rings. The molecule has 2 aliphatic heterocycles. The first kappa shape index (κ1) is 17.6. The zero-order chi connectivity index (χ0) is 19.3. The van der Waals surface area contributed by atoms with Gasteiger partial charge >= 0.3 is 0 Å². The maximum atomic E-state index is 12.3. The van der Waals surface area contributed by atoms with E-state index in [9.17, 15) is 4.79 Å². The molecule has 0 radical (unpaired) electrons. The molecular weight excluding hydrogens is 376 g/mol. The summed E-state index contributed by atoms with van der Waals surface area (Å²) >= 11 is 1.73. The van der Waals surface area contributed by atoms with Gasteiger partial charge in [-0.1, -0.05) is 11.3 Å². The van der Waals surface area contributed by atoms with Crippen LogP contribution in [0.15, 0.2) is 23.0 Å². The van der Waals surface area contributed by atoms with Gasteiger partial charge in [0.1, 0.15) is 0 Å². The number of hydrogen-bond donors (Lipinski definition) is 0. The number of nitrogens with zero attached hydrogens (tertiary/aromatic N) is 6. The van der Waals surface area contributed by atoms with Crippen molar-refractivity contribution < 1.29 is 4.74 Å². The first-order valence-electron chi connectivity index (χ1n) is 9.50. The van der Waals surface area contributed by atoms with Gasteiger partial charge in [0.15, 0.2) is 10.9 Å². The normalized spacial score (nSPS) is 16.9. The maximum absolute atomic E-state index is 12.3. The lowest BCUT2D eigenvalue weighted by Crippen LogP contribution is -2.49. The average Bonchev–Trinajstić information content (AvgIpc) is 3.21. The maximum Gasteiger partial charge on any atom is 0.266 e. The van der Waals surface area contributed by atoms with Crippen LogP contribution in [0.5, 0.6) is 0 Å². The number of aryl methyl sites for hydroxylation is 2. The molecule has 9 heteroatoms. The van der Waals surface area contributed by atoms with Crippen molar-refractivity contribution in [2.45, 2.75) is 33.4 Å². The van der Waals surface area contributed by atoms with E-state index in [0.717, 1.165) is 42.6 Å². The van der Waals surface area contributed by atoms with Crippen LogP contribution < -0.4 is 10.5 Å². The summed E-state index contributed by atoms with van der Waals surface area (Å²) in [5.41, 5.74) is 3.04. The fraction of sp³-hybridized carbons (Fsp3) is 0.474. The van der Waals surface area contributed by atoms with Crippen LogP contribution in [-0.2, 0) is 24.3 Å². The number of hydrogen-bond acceptors (Lipinski definition) is 7. The summed E-state index contributed by atoms with van der Waals surface area (Å²) < 4.78 is 8.85. The number of fused-ring (bicyclic) bond motifs is 1. The van der Waals surface area contributed by atoms with Crippen molar-refractivity contribution in [1.82, 2.24) is 24.5 Å². The molecular formula is C19H22N6O2S. The molecule has 0 N–H and O–H groups in total. The smallest absolute Gasteiger partial charge is 0.266 e. The third kappa shape index (κ3) is 3.14. The largest absolute Gasteiger partial charge is 0.375 e. The molecule has 0 aromatic carbocycles. The molecule has 0 saturated carbocycles. The Bertz CT molecular complexity index is 1060. The molecule has 0 atom stereocenters. The van der Waals surface area contributed by atoms with E-state index < -0.39 is 0 Å². The van der Waals surface area contributed by atoms with Crippen LogP contribution in [0.3, 0.4) is 0 Å². The standard InChI is InChI=1S/C19H22N6O2S/c1-12-7-13(2)25(21-12)17-3-4-18(26)24(22-17)10-14-8-23(9-14)19-20-15-5-6-27-11-16(15)28-19/h3-4,7,14H,5-6,8-11H2,1-2H3. The molecule has 3 aromatic heterocycles. The second kappa shape index (κ2) is 6.82. The Morgan fingerprint density at radius 3 is 2.86 bits per heavy atom.